The second kappa shape index (κ2) is 5.45. The van der Waals surface area contributed by atoms with Crippen LogP contribution < -0.4 is 5.32 Å². The van der Waals surface area contributed by atoms with Gasteiger partial charge in [0.15, 0.2) is 5.82 Å². The number of aromatic nitrogens is 2. The van der Waals surface area contributed by atoms with Gasteiger partial charge in [-0.25, -0.2) is 14.4 Å². The monoisotopic (exact) mass is 243 g/mol. The zero-order valence-corrected chi connectivity index (χ0v) is 9.67. The highest BCUT2D eigenvalue weighted by Gasteiger charge is 2.17. The third-order valence-corrected chi connectivity index (χ3v) is 3.89. The van der Waals surface area contributed by atoms with Crippen LogP contribution in [0.15, 0.2) is 17.6 Å². The maximum absolute atomic E-state index is 12.6. The van der Waals surface area contributed by atoms with Gasteiger partial charge < -0.3 is 5.32 Å². The molecule has 2 rings (SSSR count). The fourth-order valence-electron chi connectivity index (χ4n) is 1.74. The van der Waals surface area contributed by atoms with Crippen molar-refractivity contribution in [2.75, 3.05) is 12.3 Å². The first-order valence-electron chi connectivity index (χ1n) is 5.35. The number of nitrogens with zero attached hydrogens (tertiary/aromatic N) is 2. The van der Waals surface area contributed by atoms with Crippen molar-refractivity contribution in [1.82, 2.24) is 15.3 Å². The largest absolute Gasteiger partial charge is 0.313 e. The van der Waals surface area contributed by atoms with Gasteiger partial charge in [0.05, 0.1) is 23.2 Å². The van der Waals surface area contributed by atoms with Gasteiger partial charge in [-0.2, -0.15) is 0 Å². The summed E-state index contributed by atoms with van der Waals surface area (Å²) in [5, 5.41) is 3.52. The lowest BCUT2D eigenvalue weighted by Gasteiger charge is -2.22. The summed E-state index contributed by atoms with van der Waals surface area (Å²) in [6.45, 7) is 0.978. The van der Waals surface area contributed by atoms with E-state index in [9.17, 15) is 8.60 Å². The van der Waals surface area contributed by atoms with Crippen LogP contribution in [-0.2, 0) is 10.8 Å². The molecule has 0 amide bonds. The van der Waals surface area contributed by atoms with Crippen LogP contribution >= 0.6 is 0 Å². The maximum atomic E-state index is 12.6. The van der Waals surface area contributed by atoms with Crippen LogP contribution in [0.2, 0.25) is 0 Å². The molecule has 1 N–H and O–H groups in total. The lowest BCUT2D eigenvalue weighted by Crippen LogP contribution is -2.38. The average Bonchev–Trinajstić information content (AvgIpc) is 2.31. The Hall–Kier alpha value is -0.880. The fraction of sp³-hybridized carbons (Fsp3) is 0.600. The Morgan fingerprint density at radius 2 is 2.19 bits per heavy atom. The van der Waals surface area contributed by atoms with Gasteiger partial charge in [0.25, 0.3) is 0 Å². The standard InChI is InChI=1S/C10H14FN3OS/c11-8-5-13-10(14-6-8)16(15)7-9-3-1-2-4-12-9/h5-6,9,12H,1-4,7H2/t9-,16+/m1/s1. The molecule has 1 saturated heterocycles. The number of hydrogen-bond acceptors (Lipinski definition) is 4. The van der Waals surface area contributed by atoms with Crippen LogP contribution in [0.1, 0.15) is 19.3 Å². The van der Waals surface area contributed by atoms with Gasteiger partial charge in [-0.05, 0) is 19.4 Å². The van der Waals surface area contributed by atoms with Crippen molar-refractivity contribution in [3.05, 3.63) is 18.2 Å². The molecule has 6 heteroatoms. The minimum Gasteiger partial charge on any atom is -0.313 e. The summed E-state index contributed by atoms with van der Waals surface area (Å²) in [5.41, 5.74) is 0. The molecular formula is C10H14FN3OS. The Labute approximate surface area is 96.1 Å². The van der Waals surface area contributed by atoms with E-state index >= 15 is 0 Å². The highest BCUT2D eigenvalue weighted by molar-refractivity contribution is 7.84. The first-order chi connectivity index (χ1) is 7.75. The maximum Gasteiger partial charge on any atom is 0.218 e. The molecule has 0 aromatic carbocycles. The zero-order valence-electron chi connectivity index (χ0n) is 8.86. The molecule has 0 radical (unpaired) electrons. The van der Waals surface area contributed by atoms with Gasteiger partial charge in [-0.15, -0.1) is 0 Å². The first-order valence-corrected chi connectivity index (χ1v) is 6.67. The van der Waals surface area contributed by atoms with E-state index in [4.69, 9.17) is 0 Å². The minimum atomic E-state index is -1.24. The topological polar surface area (TPSA) is 54.9 Å². The van der Waals surface area contributed by atoms with E-state index in [1.165, 1.54) is 12.8 Å². The van der Waals surface area contributed by atoms with Crippen LogP contribution in [0.4, 0.5) is 4.39 Å². The van der Waals surface area contributed by atoms with Crippen molar-refractivity contribution < 1.29 is 8.60 Å². The minimum absolute atomic E-state index is 0.216. The average molecular weight is 243 g/mol. The van der Waals surface area contributed by atoms with E-state index in [-0.39, 0.29) is 11.2 Å². The van der Waals surface area contributed by atoms with Crippen molar-refractivity contribution >= 4 is 10.8 Å². The smallest absolute Gasteiger partial charge is 0.218 e. The Balaban J connectivity index is 1.94. The third-order valence-electron chi connectivity index (χ3n) is 2.57. The molecule has 4 nitrogen and oxygen atoms in total. The Morgan fingerprint density at radius 1 is 1.44 bits per heavy atom. The molecule has 0 saturated carbocycles. The summed E-state index contributed by atoms with van der Waals surface area (Å²) < 4.78 is 24.4. The number of nitrogens with one attached hydrogen (secondary N) is 1. The van der Waals surface area contributed by atoms with Crippen molar-refractivity contribution in [2.24, 2.45) is 0 Å². The summed E-state index contributed by atoms with van der Waals surface area (Å²) in [6, 6.07) is 0.267. The van der Waals surface area contributed by atoms with Gasteiger partial charge in [0, 0.05) is 11.8 Å². The molecule has 1 fully saturated rings. The molecule has 1 aliphatic rings. The Bertz CT molecular complexity index is 365. The molecule has 0 aliphatic carbocycles. The summed E-state index contributed by atoms with van der Waals surface area (Å²) in [6.07, 6.45) is 5.48. The molecule has 2 atom stereocenters. The van der Waals surface area contributed by atoms with E-state index in [1.54, 1.807) is 0 Å². The lowest BCUT2D eigenvalue weighted by atomic mass is 10.1. The summed E-state index contributed by atoms with van der Waals surface area (Å²) >= 11 is 0. The molecule has 16 heavy (non-hydrogen) atoms. The highest BCUT2D eigenvalue weighted by Crippen LogP contribution is 2.10. The quantitative estimate of drug-likeness (QED) is 0.800. The normalized spacial score (nSPS) is 22.9. The molecule has 0 unspecified atom stereocenters. The van der Waals surface area contributed by atoms with Crippen LogP contribution in [-0.4, -0.2) is 32.5 Å². The van der Waals surface area contributed by atoms with Gasteiger partial charge in [0.2, 0.25) is 5.16 Å². The Kier molecular flexibility index (Phi) is 3.95. The SMILES string of the molecule is O=[S@@](C[C@H]1CCCCN1)c1ncc(F)cn1. The van der Waals surface area contributed by atoms with Gasteiger partial charge in [-0.1, -0.05) is 6.42 Å². The Morgan fingerprint density at radius 3 is 2.81 bits per heavy atom. The molecular weight excluding hydrogens is 229 g/mol. The van der Waals surface area contributed by atoms with E-state index in [1.807, 2.05) is 0 Å². The third kappa shape index (κ3) is 3.05. The first kappa shape index (κ1) is 11.6. The van der Waals surface area contributed by atoms with Crippen LogP contribution in [0.5, 0.6) is 0 Å². The number of piperidine rings is 1. The molecule has 88 valence electrons. The fourth-order valence-corrected chi connectivity index (χ4v) is 2.88. The summed E-state index contributed by atoms with van der Waals surface area (Å²) in [5.74, 6) is 0.00239. The molecule has 2 heterocycles. The van der Waals surface area contributed by atoms with Crippen molar-refractivity contribution in [3.8, 4) is 0 Å². The summed E-state index contributed by atoms with van der Waals surface area (Å²) in [4.78, 5) is 7.46. The molecule has 1 aromatic heterocycles. The van der Waals surface area contributed by atoms with E-state index in [0.717, 1.165) is 25.4 Å². The number of hydrogen-bond donors (Lipinski definition) is 1. The zero-order chi connectivity index (χ0) is 11.4. The number of rotatable bonds is 3. The van der Waals surface area contributed by atoms with Crippen LogP contribution in [0.25, 0.3) is 0 Å². The van der Waals surface area contributed by atoms with Crippen molar-refractivity contribution in [3.63, 3.8) is 0 Å². The highest BCUT2D eigenvalue weighted by atomic mass is 32.2. The van der Waals surface area contributed by atoms with E-state index in [2.05, 4.69) is 15.3 Å². The van der Waals surface area contributed by atoms with E-state index < -0.39 is 16.6 Å². The number of halogens is 1. The second-order valence-electron chi connectivity index (χ2n) is 3.84. The molecule has 1 aromatic rings. The second-order valence-corrected chi connectivity index (χ2v) is 5.23. The molecule has 0 bridgehead atoms. The van der Waals surface area contributed by atoms with Crippen LogP contribution in [0, 0.1) is 5.82 Å². The molecule has 1 aliphatic heterocycles. The van der Waals surface area contributed by atoms with Crippen molar-refractivity contribution in [1.29, 1.82) is 0 Å². The van der Waals surface area contributed by atoms with E-state index in [0.29, 0.717) is 5.75 Å². The van der Waals surface area contributed by atoms with Gasteiger partial charge >= 0.3 is 0 Å². The summed E-state index contributed by atoms with van der Waals surface area (Å²) in [7, 11) is -1.24. The van der Waals surface area contributed by atoms with Crippen LogP contribution in [0.3, 0.4) is 0 Å². The van der Waals surface area contributed by atoms with Crippen molar-refractivity contribution in [2.45, 2.75) is 30.5 Å². The predicted molar refractivity (Wildman–Crippen MR) is 58.9 cm³/mol. The lowest BCUT2D eigenvalue weighted by molar-refractivity contribution is 0.427. The predicted octanol–water partition coefficient (Wildman–Crippen LogP) is 0.865. The molecule has 0 spiro atoms. The van der Waals surface area contributed by atoms with Gasteiger partial charge in [-0.3, -0.25) is 4.21 Å². The van der Waals surface area contributed by atoms with Gasteiger partial charge in [0.1, 0.15) is 0 Å².